The molecule has 0 aromatic carbocycles. The number of aliphatic imine (C=N–C) groups is 1. The number of allylic oxidation sites excluding steroid dienone is 1. The summed E-state index contributed by atoms with van der Waals surface area (Å²) in [6.45, 7) is 0. The first kappa shape index (κ1) is 19.1. The molecular formula is C20H26ClN5O2. The van der Waals surface area contributed by atoms with Crippen LogP contribution >= 0.6 is 11.6 Å². The van der Waals surface area contributed by atoms with Gasteiger partial charge in [0.15, 0.2) is 0 Å². The third kappa shape index (κ3) is 3.32. The van der Waals surface area contributed by atoms with Crippen molar-refractivity contribution in [1.82, 2.24) is 9.88 Å². The number of nitrogens with zero attached hydrogens (tertiary/aromatic N) is 2. The molecule has 1 aliphatic heterocycles. The maximum Gasteiger partial charge on any atom is 0.276 e. The number of rotatable bonds is 4. The number of aromatic nitrogens is 1. The zero-order chi connectivity index (χ0) is 19.7. The van der Waals surface area contributed by atoms with Crippen molar-refractivity contribution in [1.29, 1.82) is 0 Å². The molecular weight excluding hydrogens is 378 g/mol. The number of carbonyl (C=O) groups excluding carboxylic acids is 1. The van der Waals surface area contributed by atoms with Crippen molar-refractivity contribution in [3.05, 3.63) is 39.0 Å². The van der Waals surface area contributed by atoms with E-state index in [0.29, 0.717) is 17.4 Å². The summed E-state index contributed by atoms with van der Waals surface area (Å²) in [5, 5.41) is 6.40. The molecule has 2 saturated carbocycles. The molecule has 0 radical (unpaired) electrons. The average molecular weight is 404 g/mol. The van der Waals surface area contributed by atoms with Crippen LogP contribution in [0.15, 0.2) is 27.8 Å². The van der Waals surface area contributed by atoms with Crippen LogP contribution in [0.3, 0.4) is 0 Å². The number of nitrogens with two attached hydrogens (primary N) is 1. The Labute approximate surface area is 169 Å². The van der Waals surface area contributed by atoms with Gasteiger partial charge in [-0.1, -0.05) is 30.9 Å². The van der Waals surface area contributed by atoms with Crippen LogP contribution in [0.4, 0.5) is 5.69 Å². The van der Waals surface area contributed by atoms with Gasteiger partial charge in [-0.15, -0.1) is 0 Å². The second-order valence-electron chi connectivity index (χ2n) is 7.94. The van der Waals surface area contributed by atoms with Crippen molar-refractivity contribution in [2.24, 2.45) is 16.6 Å². The molecule has 4 N–H and O–H groups in total. The van der Waals surface area contributed by atoms with Gasteiger partial charge in [-0.25, -0.2) is 4.99 Å². The van der Waals surface area contributed by atoms with Crippen LogP contribution in [-0.4, -0.2) is 16.8 Å². The summed E-state index contributed by atoms with van der Waals surface area (Å²) in [5.74, 6) is 0.683. The number of hydrogen-bond acceptors (Lipinski definition) is 4. The van der Waals surface area contributed by atoms with E-state index in [2.05, 4.69) is 15.6 Å². The third-order valence-electron chi connectivity index (χ3n) is 6.09. The summed E-state index contributed by atoms with van der Waals surface area (Å²) in [7, 11) is 0. The van der Waals surface area contributed by atoms with E-state index in [9.17, 15) is 9.59 Å². The molecule has 0 unspecified atom stereocenters. The molecule has 7 nitrogen and oxygen atoms in total. The van der Waals surface area contributed by atoms with Gasteiger partial charge in [0.25, 0.3) is 11.5 Å². The number of halogens is 1. The lowest BCUT2D eigenvalue weighted by Crippen LogP contribution is -2.48. The van der Waals surface area contributed by atoms with E-state index in [1.54, 1.807) is 4.57 Å². The van der Waals surface area contributed by atoms with E-state index in [1.807, 2.05) is 6.08 Å². The van der Waals surface area contributed by atoms with Crippen LogP contribution in [0.25, 0.3) is 0 Å². The number of anilines is 1. The van der Waals surface area contributed by atoms with Gasteiger partial charge in [0.05, 0.1) is 11.4 Å². The molecule has 2 heterocycles. The van der Waals surface area contributed by atoms with Crippen LogP contribution in [0, 0.1) is 5.92 Å². The molecule has 28 heavy (non-hydrogen) atoms. The maximum absolute atomic E-state index is 13.3. The molecule has 0 bridgehead atoms. The highest BCUT2D eigenvalue weighted by atomic mass is 35.5. The summed E-state index contributed by atoms with van der Waals surface area (Å²) in [6, 6.07) is 1.52. The molecule has 2 fully saturated rings. The Morgan fingerprint density at radius 1 is 1.25 bits per heavy atom. The number of pyridine rings is 1. The first-order chi connectivity index (χ1) is 13.5. The summed E-state index contributed by atoms with van der Waals surface area (Å²) < 4.78 is 1.57. The molecule has 0 saturated heterocycles. The average Bonchev–Trinajstić information content (AvgIpc) is 3.27. The van der Waals surface area contributed by atoms with E-state index in [4.69, 9.17) is 17.3 Å². The minimum absolute atomic E-state index is 0.253. The van der Waals surface area contributed by atoms with E-state index in [1.165, 1.54) is 25.2 Å². The molecule has 1 aromatic rings. The van der Waals surface area contributed by atoms with Gasteiger partial charge in [0.1, 0.15) is 22.9 Å². The third-order valence-corrected chi connectivity index (χ3v) is 6.38. The lowest BCUT2D eigenvalue weighted by molar-refractivity contribution is 0.0877. The van der Waals surface area contributed by atoms with Crippen molar-refractivity contribution >= 4 is 29.5 Å². The van der Waals surface area contributed by atoms with Gasteiger partial charge in [-0.3, -0.25) is 14.2 Å². The normalized spacial score (nSPS) is 22.0. The largest absolute Gasteiger partial charge is 0.390 e. The first-order valence-corrected chi connectivity index (χ1v) is 10.4. The fourth-order valence-corrected chi connectivity index (χ4v) is 5.07. The van der Waals surface area contributed by atoms with E-state index < -0.39 is 5.66 Å². The Morgan fingerprint density at radius 2 is 1.96 bits per heavy atom. The Kier molecular flexibility index (Phi) is 5.19. The smallest absolute Gasteiger partial charge is 0.276 e. The molecule has 150 valence electrons. The van der Waals surface area contributed by atoms with Crippen LogP contribution in [0.5, 0.6) is 0 Å². The fraction of sp³-hybridized carbons (Fsp3) is 0.550. The molecule has 2 aliphatic carbocycles. The van der Waals surface area contributed by atoms with Crippen molar-refractivity contribution in [3.63, 3.8) is 0 Å². The van der Waals surface area contributed by atoms with Gasteiger partial charge >= 0.3 is 0 Å². The molecule has 4 rings (SSSR count). The molecule has 1 aromatic heterocycles. The van der Waals surface area contributed by atoms with Crippen molar-refractivity contribution in [3.8, 4) is 0 Å². The van der Waals surface area contributed by atoms with Crippen LogP contribution in [0.1, 0.15) is 68.3 Å². The Bertz CT molecular complexity index is 893. The SMILES string of the molecule is N/C=N\C(=C/C1CCCC1)Nc1cc(Cl)c2n(c1=O)C1(CCCCC1)NC2=O. The Hall–Kier alpha value is -2.28. The number of carbonyl (C=O) groups is 1. The second-order valence-corrected chi connectivity index (χ2v) is 8.35. The quantitative estimate of drug-likeness (QED) is 0.530. The highest BCUT2D eigenvalue weighted by Gasteiger charge is 2.45. The Balaban J connectivity index is 1.75. The van der Waals surface area contributed by atoms with E-state index >= 15 is 0 Å². The van der Waals surface area contributed by atoms with Crippen molar-refractivity contribution in [2.75, 3.05) is 5.32 Å². The van der Waals surface area contributed by atoms with Gasteiger partial charge < -0.3 is 16.4 Å². The van der Waals surface area contributed by atoms with Gasteiger partial charge in [-0.2, -0.15) is 0 Å². The van der Waals surface area contributed by atoms with Crippen molar-refractivity contribution < 1.29 is 4.79 Å². The number of fused-ring (bicyclic) bond motifs is 2. The highest BCUT2D eigenvalue weighted by Crippen LogP contribution is 2.38. The minimum atomic E-state index is -0.671. The monoisotopic (exact) mass is 403 g/mol. The number of nitrogens with one attached hydrogen (secondary N) is 2. The fourth-order valence-electron chi connectivity index (χ4n) is 4.79. The summed E-state index contributed by atoms with van der Waals surface area (Å²) in [6.07, 6.45) is 12.4. The summed E-state index contributed by atoms with van der Waals surface area (Å²) >= 11 is 6.43. The molecule has 8 heteroatoms. The molecule has 1 spiro atoms. The molecule has 1 amide bonds. The maximum atomic E-state index is 13.3. The lowest BCUT2D eigenvalue weighted by Gasteiger charge is -2.35. The predicted molar refractivity (Wildman–Crippen MR) is 111 cm³/mol. The highest BCUT2D eigenvalue weighted by molar-refractivity contribution is 6.34. The van der Waals surface area contributed by atoms with Crippen LogP contribution in [-0.2, 0) is 5.66 Å². The topological polar surface area (TPSA) is 102 Å². The first-order valence-electron chi connectivity index (χ1n) is 10.1. The van der Waals surface area contributed by atoms with Gasteiger partial charge in [0.2, 0.25) is 0 Å². The Morgan fingerprint density at radius 3 is 2.64 bits per heavy atom. The second kappa shape index (κ2) is 7.62. The zero-order valence-corrected chi connectivity index (χ0v) is 16.6. The van der Waals surface area contributed by atoms with Crippen LogP contribution < -0.4 is 21.9 Å². The number of amides is 1. The van der Waals surface area contributed by atoms with Gasteiger partial charge in [-0.05, 0) is 56.6 Å². The van der Waals surface area contributed by atoms with E-state index in [-0.39, 0.29) is 22.2 Å². The predicted octanol–water partition coefficient (Wildman–Crippen LogP) is 3.29. The van der Waals surface area contributed by atoms with Crippen LogP contribution in [0.2, 0.25) is 5.02 Å². The minimum Gasteiger partial charge on any atom is -0.390 e. The summed E-state index contributed by atoms with van der Waals surface area (Å²) in [4.78, 5) is 30.1. The number of hydrogen-bond donors (Lipinski definition) is 3. The van der Waals surface area contributed by atoms with E-state index in [0.717, 1.165) is 44.9 Å². The molecule has 3 aliphatic rings. The summed E-state index contributed by atoms with van der Waals surface area (Å²) in [5.41, 5.74) is 5.14. The lowest BCUT2D eigenvalue weighted by atomic mass is 9.89. The van der Waals surface area contributed by atoms with Crippen molar-refractivity contribution in [2.45, 2.75) is 63.5 Å². The zero-order valence-electron chi connectivity index (χ0n) is 15.8. The molecule has 0 atom stereocenters. The standard InChI is InChI=1S/C20H26ClN5O2/c21-14-11-15(24-16(23-12-22)10-13-6-2-3-7-13)19(28)26-17(14)18(27)25-20(26)8-4-1-5-9-20/h10-13,24H,1-9H2,(H2,22,23)(H,25,27)/b16-10+. The van der Waals surface area contributed by atoms with Gasteiger partial charge in [0, 0.05) is 0 Å².